The first-order valence-corrected chi connectivity index (χ1v) is 9.85. The van der Waals surface area contributed by atoms with Crippen molar-refractivity contribution in [3.8, 4) is 0 Å². The Hall–Kier alpha value is -1.56. The number of nitrogens with one attached hydrogen (secondary N) is 1. The summed E-state index contributed by atoms with van der Waals surface area (Å²) in [6, 6.07) is 6.34. The summed E-state index contributed by atoms with van der Waals surface area (Å²) in [5, 5.41) is 4.71. The maximum Gasteiger partial charge on any atom is 0.293 e. The summed E-state index contributed by atoms with van der Waals surface area (Å²) in [6.07, 6.45) is 7.66. The van der Waals surface area contributed by atoms with Crippen molar-refractivity contribution in [2.45, 2.75) is 44.3 Å². The molecule has 0 unspecified atom stereocenters. The van der Waals surface area contributed by atoms with Crippen LogP contribution in [0.4, 0.5) is 5.82 Å². The van der Waals surface area contributed by atoms with Crippen molar-refractivity contribution in [1.29, 1.82) is 0 Å². The summed E-state index contributed by atoms with van der Waals surface area (Å²) in [7, 11) is 0. The van der Waals surface area contributed by atoms with Gasteiger partial charge in [-0.25, -0.2) is 4.98 Å². The van der Waals surface area contributed by atoms with Crippen LogP contribution in [-0.4, -0.2) is 33.6 Å². The fourth-order valence-corrected chi connectivity index (χ4v) is 4.12. The van der Waals surface area contributed by atoms with Gasteiger partial charge in [0.25, 0.3) is 5.56 Å². The molecule has 0 amide bonds. The second-order valence-corrected chi connectivity index (χ2v) is 8.06. The number of likely N-dealkylation sites (tertiary alicyclic amines) is 1. The van der Waals surface area contributed by atoms with Gasteiger partial charge in [0.1, 0.15) is 0 Å². The van der Waals surface area contributed by atoms with Gasteiger partial charge in [-0.1, -0.05) is 23.2 Å². The molecular formula is C19H22Cl2N4O. The number of nitrogens with zero attached hydrogens (tertiary/aromatic N) is 3. The third kappa shape index (κ3) is 4.22. The molecule has 2 fully saturated rings. The summed E-state index contributed by atoms with van der Waals surface area (Å²) in [6.45, 7) is 2.77. The zero-order valence-corrected chi connectivity index (χ0v) is 16.0. The first kappa shape index (κ1) is 17.8. The Morgan fingerprint density at radius 3 is 2.42 bits per heavy atom. The number of hydrogen-bond donors (Lipinski definition) is 1. The van der Waals surface area contributed by atoms with Crippen LogP contribution in [0.3, 0.4) is 0 Å². The van der Waals surface area contributed by atoms with Crippen LogP contribution in [0, 0.1) is 0 Å². The van der Waals surface area contributed by atoms with Crippen LogP contribution in [0.25, 0.3) is 0 Å². The third-order valence-electron chi connectivity index (χ3n) is 5.07. The first-order chi connectivity index (χ1) is 12.6. The molecule has 1 aliphatic heterocycles. The maximum absolute atomic E-state index is 12.5. The number of halogens is 2. The molecule has 4 rings (SSSR count). The molecule has 2 heterocycles. The fourth-order valence-electron chi connectivity index (χ4n) is 3.55. The zero-order chi connectivity index (χ0) is 18.1. The van der Waals surface area contributed by atoms with Crippen molar-refractivity contribution in [2.24, 2.45) is 0 Å². The number of aromatic nitrogens is 2. The average Bonchev–Trinajstić information content (AvgIpc) is 3.42. The van der Waals surface area contributed by atoms with Crippen LogP contribution in [0.15, 0.2) is 35.4 Å². The van der Waals surface area contributed by atoms with E-state index in [9.17, 15) is 4.79 Å². The number of piperidine rings is 1. The van der Waals surface area contributed by atoms with Gasteiger partial charge in [-0.05, 0) is 49.4 Å². The molecule has 26 heavy (non-hydrogen) atoms. The molecule has 1 saturated carbocycles. The van der Waals surface area contributed by atoms with E-state index in [1.54, 1.807) is 18.5 Å². The van der Waals surface area contributed by atoms with Gasteiger partial charge in [0.05, 0.1) is 0 Å². The smallest absolute Gasteiger partial charge is 0.293 e. The van der Waals surface area contributed by atoms with Crippen LogP contribution in [0.2, 0.25) is 10.0 Å². The lowest BCUT2D eigenvalue weighted by Crippen LogP contribution is -2.40. The van der Waals surface area contributed by atoms with E-state index in [-0.39, 0.29) is 11.6 Å². The molecule has 1 aliphatic carbocycles. The second-order valence-electron chi connectivity index (χ2n) is 7.19. The van der Waals surface area contributed by atoms with Gasteiger partial charge >= 0.3 is 0 Å². The van der Waals surface area contributed by atoms with Gasteiger partial charge in [-0.2, -0.15) is 0 Å². The van der Waals surface area contributed by atoms with Crippen molar-refractivity contribution in [1.82, 2.24) is 14.5 Å². The van der Waals surface area contributed by atoms with E-state index in [0.29, 0.717) is 21.9 Å². The van der Waals surface area contributed by atoms with Gasteiger partial charge in [0, 0.05) is 54.2 Å². The van der Waals surface area contributed by atoms with Gasteiger partial charge in [0.15, 0.2) is 5.82 Å². The summed E-state index contributed by atoms with van der Waals surface area (Å²) in [5.74, 6) is 0.486. The number of anilines is 1. The molecular weight excluding hydrogens is 371 g/mol. The quantitative estimate of drug-likeness (QED) is 0.836. The van der Waals surface area contributed by atoms with Gasteiger partial charge in [-0.15, -0.1) is 0 Å². The van der Waals surface area contributed by atoms with E-state index in [1.165, 1.54) is 0 Å². The Bertz CT molecular complexity index is 821. The van der Waals surface area contributed by atoms with E-state index >= 15 is 0 Å². The summed E-state index contributed by atoms with van der Waals surface area (Å²) < 4.78 is 1.81. The van der Waals surface area contributed by atoms with Gasteiger partial charge in [0.2, 0.25) is 0 Å². The lowest BCUT2D eigenvalue weighted by Gasteiger charge is -2.32. The summed E-state index contributed by atoms with van der Waals surface area (Å²) in [5.41, 5.74) is 1.14. The molecule has 7 heteroatoms. The number of benzene rings is 1. The summed E-state index contributed by atoms with van der Waals surface area (Å²) >= 11 is 12.2. The third-order valence-corrected chi connectivity index (χ3v) is 5.50. The Kier molecular flexibility index (Phi) is 5.20. The van der Waals surface area contributed by atoms with Crippen LogP contribution in [0.1, 0.15) is 37.3 Å². The number of rotatable bonds is 5. The Labute approximate surface area is 162 Å². The molecule has 0 atom stereocenters. The minimum atomic E-state index is 0.00555. The lowest BCUT2D eigenvalue weighted by atomic mass is 10.0. The topological polar surface area (TPSA) is 50.2 Å². The standard InChI is InChI=1S/C19H22Cl2N4O/c20-14-9-13(10-15(21)11-14)12-24-6-3-16(4-7-24)23-18-19(26)25(8-5-22-18)17-1-2-17/h5,8-11,16-17H,1-4,6-7,12H2,(H,22,23). The van der Waals surface area contributed by atoms with Gasteiger partial charge < -0.3 is 9.88 Å². The van der Waals surface area contributed by atoms with Crippen molar-refractivity contribution in [3.05, 3.63) is 56.6 Å². The Morgan fingerprint density at radius 1 is 1.08 bits per heavy atom. The minimum absolute atomic E-state index is 0.00555. The molecule has 5 nitrogen and oxygen atoms in total. The van der Waals surface area contributed by atoms with E-state index in [4.69, 9.17) is 23.2 Å². The van der Waals surface area contributed by atoms with Crippen molar-refractivity contribution < 1.29 is 0 Å². The molecule has 2 aromatic rings. The van der Waals surface area contributed by atoms with E-state index in [0.717, 1.165) is 50.9 Å². The molecule has 2 aliphatic rings. The highest BCUT2D eigenvalue weighted by Gasteiger charge is 2.26. The van der Waals surface area contributed by atoms with E-state index in [1.807, 2.05) is 16.7 Å². The SMILES string of the molecule is O=c1c(NC2CCN(Cc3cc(Cl)cc(Cl)c3)CC2)nccn1C1CC1. The van der Waals surface area contributed by atoms with Crippen LogP contribution >= 0.6 is 23.2 Å². The first-order valence-electron chi connectivity index (χ1n) is 9.09. The van der Waals surface area contributed by atoms with Crippen molar-refractivity contribution in [2.75, 3.05) is 18.4 Å². The largest absolute Gasteiger partial charge is 0.363 e. The molecule has 0 bridgehead atoms. The molecule has 0 spiro atoms. The van der Waals surface area contributed by atoms with Crippen LogP contribution in [0.5, 0.6) is 0 Å². The van der Waals surface area contributed by atoms with Crippen LogP contribution in [-0.2, 0) is 6.54 Å². The van der Waals surface area contributed by atoms with E-state index < -0.39 is 0 Å². The molecule has 1 N–H and O–H groups in total. The second kappa shape index (κ2) is 7.59. The zero-order valence-electron chi connectivity index (χ0n) is 14.5. The predicted octanol–water partition coefficient (Wildman–Crippen LogP) is 3.96. The lowest BCUT2D eigenvalue weighted by molar-refractivity contribution is 0.211. The number of hydrogen-bond acceptors (Lipinski definition) is 4. The molecule has 0 radical (unpaired) electrons. The molecule has 1 saturated heterocycles. The normalized spacial score (nSPS) is 18.8. The highest BCUT2D eigenvalue weighted by Crippen LogP contribution is 2.33. The molecule has 138 valence electrons. The highest BCUT2D eigenvalue weighted by molar-refractivity contribution is 6.34. The maximum atomic E-state index is 12.5. The van der Waals surface area contributed by atoms with Crippen LogP contribution < -0.4 is 10.9 Å². The predicted molar refractivity (Wildman–Crippen MR) is 105 cm³/mol. The Balaban J connectivity index is 1.34. The molecule has 1 aromatic carbocycles. The van der Waals surface area contributed by atoms with E-state index in [2.05, 4.69) is 15.2 Å². The van der Waals surface area contributed by atoms with Gasteiger partial charge in [-0.3, -0.25) is 9.69 Å². The van der Waals surface area contributed by atoms with Crippen molar-refractivity contribution >= 4 is 29.0 Å². The molecule has 1 aromatic heterocycles. The Morgan fingerprint density at radius 2 is 1.77 bits per heavy atom. The average molecular weight is 393 g/mol. The fraction of sp³-hybridized carbons (Fsp3) is 0.474. The van der Waals surface area contributed by atoms with Crippen molar-refractivity contribution in [3.63, 3.8) is 0 Å². The monoisotopic (exact) mass is 392 g/mol. The highest BCUT2D eigenvalue weighted by atomic mass is 35.5. The summed E-state index contributed by atoms with van der Waals surface area (Å²) in [4.78, 5) is 19.1. The minimum Gasteiger partial charge on any atom is -0.363 e.